The van der Waals surface area contributed by atoms with Crippen LogP contribution in [-0.4, -0.2) is 4.98 Å². The number of rotatable bonds is 5. The summed E-state index contributed by atoms with van der Waals surface area (Å²) in [6, 6.07) is 12.2. The quantitative estimate of drug-likeness (QED) is 0.893. The molecule has 0 radical (unpaired) electrons. The fourth-order valence-corrected chi connectivity index (χ4v) is 2.00. The molecule has 0 aliphatic carbocycles. The lowest BCUT2D eigenvalue weighted by Gasteiger charge is -2.13. The van der Waals surface area contributed by atoms with Gasteiger partial charge in [0, 0.05) is 6.42 Å². The molecule has 20 heavy (non-hydrogen) atoms. The Morgan fingerprint density at radius 1 is 1.25 bits per heavy atom. The van der Waals surface area contributed by atoms with Crippen LogP contribution in [0.4, 0.5) is 5.88 Å². The first kappa shape index (κ1) is 14.1. The van der Waals surface area contributed by atoms with E-state index in [-0.39, 0.29) is 6.04 Å². The molecule has 1 aromatic carbocycles. The number of nitrogens with one attached hydrogen (secondary N) is 1. The summed E-state index contributed by atoms with van der Waals surface area (Å²) in [5.74, 6) is 1.51. The van der Waals surface area contributed by atoms with E-state index < -0.39 is 0 Å². The van der Waals surface area contributed by atoms with Gasteiger partial charge in [0.2, 0.25) is 11.6 Å². The van der Waals surface area contributed by atoms with E-state index in [2.05, 4.69) is 30.2 Å². The van der Waals surface area contributed by atoms with Gasteiger partial charge in [-0.15, -0.1) is 0 Å². The summed E-state index contributed by atoms with van der Waals surface area (Å²) >= 11 is 0. The smallest absolute Gasteiger partial charge is 0.232 e. The standard InChI is InChI=1S/C16H19N3O/c1-11(2)9-15-19-14(10-17)16(20-15)18-12(3)13-7-5-4-6-8-13/h4-8,11-12,18H,9H2,1-3H3/t12-/m1/s1. The number of nitriles is 1. The van der Waals surface area contributed by atoms with Crippen molar-refractivity contribution in [3.05, 3.63) is 47.5 Å². The maximum atomic E-state index is 9.14. The van der Waals surface area contributed by atoms with Crippen LogP contribution in [0, 0.1) is 17.2 Å². The van der Waals surface area contributed by atoms with Crippen LogP contribution in [0.25, 0.3) is 0 Å². The highest BCUT2D eigenvalue weighted by Gasteiger charge is 2.16. The van der Waals surface area contributed by atoms with Crippen LogP contribution in [0.2, 0.25) is 0 Å². The summed E-state index contributed by atoms with van der Waals surface area (Å²) in [6.07, 6.45) is 0.732. The zero-order valence-corrected chi connectivity index (χ0v) is 12.1. The van der Waals surface area contributed by atoms with Crippen LogP contribution in [0.3, 0.4) is 0 Å². The van der Waals surface area contributed by atoms with Crippen LogP contribution >= 0.6 is 0 Å². The molecular formula is C16H19N3O. The van der Waals surface area contributed by atoms with Crippen molar-refractivity contribution >= 4 is 5.88 Å². The SMILES string of the molecule is CC(C)Cc1nc(C#N)c(N[C@H](C)c2ccccc2)o1. The fourth-order valence-electron chi connectivity index (χ4n) is 2.00. The number of hydrogen-bond donors (Lipinski definition) is 1. The molecule has 0 amide bonds. The van der Waals surface area contributed by atoms with E-state index in [1.54, 1.807) is 0 Å². The lowest BCUT2D eigenvalue weighted by Crippen LogP contribution is -2.06. The Hall–Kier alpha value is -2.28. The average molecular weight is 269 g/mol. The molecule has 0 unspecified atom stereocenters. The molecule has 4 heteroatoms. The summed E-state index contributed by atoms with van der Waals surface area (Å²) in [7, 11) is 0. The van der Waals surface area contributed by atoms with E-state index >= 15 is 0 Å². The Labute approximate surface area is 119 Å². The molecular weight excluding hydrogens is 250 g/mol. The van der Waals surface area contributed by atoms with Gasteiger partial charge in [-0.1, -0.05) is 44.2 Å². The molecule has 2 aromatic rings. The summed E-state index contributed by atoms with van der Waals surface area (Å²) in [6.45, 7) is 6.22. The topological polar surface area (TPSA) is 61.9 Å². The number of anilines is 1. The number of oxazole rings is 1. The molecule has 0 saturated heterocycles. The Morgan fingerprint density at radius 2 is 1.95 bits per heavy atom. The van der Waals surface area contributed by atoms with E-state index in [0.29, 0.717) is 23.4 Å². The van der Waals surface area contributed by atoms with Crippen LogP contribution in [-0.2, 0) is 6.42 Å². The minimum absolute atomic E-state index is 0.0585. The summed E-state index contributed by atoms with van der Waals surface area (Å²) in [5, 5.41) is 12.4. The minimum Gasteiger partial charge on any atom is -0.424 e. The van der Waals surface area contributed by atoms with Gasteiger partial charge in [0.05, 0.1) is 6.04 Å². The van der Waals surface area contributed by atoms with E-state index in [0.717, 1.165) is 12.0 Å². The van der Waals surface area contributed by atoms with Crippen molar-refractivity contribution in [3.63, 3.8) is 0 Å². The zero-order chi connectivity index (χ0) is 14.5. The first-order valence-electron chi connectivity index (χ1n) is 6.81. The molecule has 1 N–H and O–H groups in total. The maximum absolute atomic E-state index is 9.14. The number of nitrogens with zero attached hydrogens (tertiary/aromatic N) is 2. The predicted octanol–water partition coefficient (Wildman–Crippen LogP) is 3.92. The molecule has 0 spiro atoms. The van der Waals surface area contributed by atoms with Crippen LogP contribution in [0.5, 0.6) is 0 Å². The molecule has 1 atom stereocenters. The van der Waals surface area contributed by atoms with Crippen LogP contribution in [0.15, 0.2) is 34.7 Å². The Balaban J connectivity index is 2.16. The fraction of sp³-hybridized carbons (Fsp3) is 0.375. The van der Waals surface area contributed by atoms with E-state index in [1.165, 1.54) is 0 Å². The third kappa shape index (κ3) is 3.39. The lowest BCUT2D eigenvalue weighted by atomic mass is 10.1. The van der Waals surface area contributed by atoms with Gasteiger partial charge in [-0.05, 0) is 18.4 Å². The Kier molecular flexibility index (Phi) is 4.41. The van der Waals surface area contributed by atoms with Crippen LogP contribution in [0.1, 0.15) is 44.0 Å². The van der Waals surface area contributed by atoms with Gasteiger partial charge in [-0.2, -0.15) is 5.26 Å². The number of aromatic nitrogens is 1. The largest absolute Gasteiger partial charge is 0.424 e. The number of benzene rings is 1. The van der Waals surface area contributed by atoms with Gasteiger partial charge in [-0.3, -0.25) is 0 Å². The molecule has 0 aliphatic rings. The van der Waals surface area contributed by atoms with Crippen LogP contribution < -0.4 is 5.32 Å². The monoisotopic (exact) mass is 269 g/mol. The van der Waals surface area contributed by atoms with E-state index in [1.807, 2.05) is 37.3 Å². The third-order valence-electron chi connectivity index (χ3n) is 3.01. The highest BCUT2D eigenvalue weighted by atomic mass is 16.4. The highest BCUT2D eigenvalue weighted by molar-refractivity contribution is 5.47. The molecule has 2 rings (SSSR count). The Bertz CT molecular complexity index is 596. The van der Waals surface area contributed by atoms with Crippen molar-refractivity contribution in [2.75, 3.05) is 5.32 Å². The summed E-state index contributed by atoms with van der Waals surface area (Å²) in [5.41, 5.74) is 1.46. The first-order chi connectivity index (χ1) is 9.60. The predicted molar refractivity (Wildman–Crippen MR) is 78.2 cm³/mol. The molecule has 0 bridgehead atoms. The minimum atomic E-state index is 0.0585. The van der Waals surface area contributed by atoms with Gasteiger partial charge in [-0.25, -0.2) is 4.98 Å². The second-order valence-corrected chi connectivity index (χ2v) is 5.27. The molecule has 0 fully saturated rings. The van der Waals surface area contributed by atoms with Crippen molar-refractivity contribution < 1.29 is 4.42 Å². The van der Waals surface area contributed by atoms with Gasteiger partial charge < -0.3 is 9.73 Å². The average Bonchev–Trinajstić information content (AvgIpc) is 2.80. The van der Waals surface area contributed by atoms with Gasteiger partial charge in [0.15, 0.2) is 5.89 Å². The zero-order valence-electron chi connectivity index (χ0n) is 12.1. The first-order valence-corrected chi connectivity index (χ1v) is 6.81. The molecule has 0 saturated carbocycles. The van der Waals surface area contributed by atoms with Crippen molar-refractivity contribution in [3.8, 4) is 6.07 Å². The van der Waals surface area contributed by atoms with E-state index in [9.17, 15) is 0 Å². The molecule has 4 nitrogen and oxygen atoms in total. The normalized spacial score (nSPS) is 12.2. The summed E-state index contributed by atoms with van der Waals surface area (Å²) in [4.78, 5) is 4.23. The molecule has 104 valence electrons. The summed E-state index contributed by atoms with van der Waals surface area (Å²) < 4.78 is 5.66. The second kappa shape index (κ2) is 6.25. The number of hydrogen-bond acceptors (Lipinski definition) is 4. The second-order valence-electron chi connectivity index (χ2n) is 5.27. The van der Waals surface area contributed by atoms with E-state index in [4.69, 9.17) is 9.68 Å². The maximum Gasteiger partial charge on any atom is 0.232 e. The third-order valence-corrected chi connectivity index (χ3v) is 3.01. The van der Waals surface area contributed by atoms with Gasteiger partial charge in [0.1, 0.15) is 6.07 Å². The van der Waals surface area contributed by atoms with Crippen molar-refractivity contribution in [1.29, 1.82) is 5.26 Å². The van der Waals surface area contributed by atoms with Crippen molar-refractivity contribution in [2.24, 2.45) is 5.92 Å². The molecule has 0 aliphatic heterocycles. The lowest BCUT2D eigenvalue weighted by molar-refractivity contribution is 0.463. The van der Waals surface area contributed by atoms with Gasteiger partial charge >= 0.3 is 0 Å². The van der Waals surface area contributed by atoms with Gasteiger partial charge in [0.25, 0.3) is 0 Å². The highest BCUT2D eigenvalue weighted by Crippen LogP contribution is 2.24. The molecule has 1 aromatic heterocycles. The Morgan fingerprint density at radius 3 is 2.55 bits per heavy atom. The molecule has 1 heterocycles. The van der Waals surface area contributed by atoms with Crippen molar-refractivity contribution in [2.45, 2.75) is 33.2 Å². The van der Waals surface area contributed by atoms with Crippen molar-refractivity contribution in [1.82, 2.24) is 4.98 Å².